The van der Waals surface area contributed by atoms with Gasteiger partial charge in [0, 0.05) is 60.8 Å². The summed E-state index contributed by atoms with van der Waals surface area (Å²) in [5.41, 5.74) is 4.65. The molecule has 1 saturated heterocycles. The van der Waals surface area contributed by atoms with Gasteiger partial charge in [0.2, 0.25) is 0 Å². The Hall–Kier alpha value is -2.86. The van der Waals surface area contributed by atoms with E-state index in [0.29, 0.717) is 6.04 Å². The first kappa shape index (κ1) is 18.9. The van der Waals surface area contributed by atoms with E-state index in [0.717, 1.165) is 77.2 Å². The molecule has 0 N–H and O–H groups in total. The third-order valence-corrected chi connectivity index (χ3v) is 6.95. The number of piperazine rings is 1. The van der Waals surface area contributed by atoms with E-state index in [4.69, 9.17) is 9.72 Å². The van der Waals surface area contributed by atoms with Crippen LogP contribution < -0.4 is 9.64 Å². The smallest absolute Gasteiger partial charge is 0.147 e. The van der Waals surface area contributed by atoms with Crippen LogP contribution in [-0.2, 0) is 0 Å². The quantitative estimate of drug-likeness (QED) is 0.471. The lowest BCUT2D eigenvalue weighted by molar-refractivity contribution is 0.270. The maximum atomic E-state index is 15.4. The molecule has 3 aliphatic heterocycles. The van der Waals surface area contributed by atoms with Crippen molar-refractivity contribution < 1.29 is 9.13 Å². The molecular formula is C25H27FN4O. The molecule has 6 heteroatoms. The Morgan fingerprint density at radius 2 is 1.87 bits per heavy atom. The van der Waals surface area contributed by atoms with Gasteiger partial charge in [0.05, 0.1) is 29.5 Å². The molecule has 3 heterocycles. The van der Waals surface area contributed by atoms with Crippen LogP contribution in [0, 0.1) is 5.82 Å². The van der Waals surface area contributed by atoms with Gasteiger partial charge in [-0.1, -0.05) is 6.92 Å². The van der Waals surface area contributed by atoms with Crippen LogP contribution in [0.4, 0.5) is 10.1 Å². The SMILES string of the molecule is CCN1CCN(c2cc3c(cc2F)c2nc4cc(OC)ccc4c-2cn3C2CC2)CC1. The number of benzene rings is 2. The number of halogens is 1. The van der Waals surface area contributed by atoms with Gasteiger partial charge in [0.25, 0.3) is 0 Å². The maximum Gasteiger partial charge on any atom is 0.147 e. The predicted molar refractivity (Wildman–Crippen MR) is 123 cm³/mol. The van der Waals surface area contributed by atoms with Crippen LogP contribution in [-0.4, -0.2) is 54.3 Å². The molecule has 0 atom stereocenters. The van der Waals surface area contributed by atoms with E-state index < -0.39 is 0 Å². The lowest BCUT2D eigenvalue weighted by Crippen LogP contribution is -2.46. The van der Waals surface area contributed by atoms with Gasteiger partial charge in [-0.05, 0) is 43.7 Å². The fraction of sp³-hybridized carbons (Fsp3) is 0.400. The number of hydrogen-bond donors (Lipinski definition) is 0. The first-order chi connectivity index (χ1) is 15.2. The Kier molecular flexibility index (Phi) is 4.32. The highest BCUT2D eigenvalue weighted by atomic mass is 19.1. The van der Waals surface area contributed by atoms with Crippen molar-refractivity contribution in [2.45, 2.75) is 25.8 Å². The van der Waals surface area contributed by atoms with Gasteiger partial charge in [0.15, 0.2) is 0 Å². The number of fused-ring (bicyclic) bond motifs is 5. The molecule has 0 spiro atoms. The van der Waals surface area contributed by atoms with E-state index in [1.807, 2.05) is 12.1 Å². The number of ether oxygens (including phenoxy) is 1. The largest absolute Gasteiger partial charge is 0.497 e. The van der Waals surface area contributed by atoms with Crippen molar-refractivity contribution in [3.8, 4) is 17.0 Å². The second-order valence-corrected chi connectivity index (χ2v) is 8.77. The van der Waals surface area contributed by atoms with Crippen LogP contribution in [0.25, 0.3) is 33.1 Å². The third-order valence-electron chi connectivity index (χ3n) is 6.95. The molecular weight excluding hydrogens is 391 g/mol. The molecule has 4 aliphatic rings. The van der Waals surface area contributed by atoms with Crippen LogP contribution >= 0.6 is 0 Å². The minimum atomic E-state index is -0.156. The van der Waals surface area contributed by atoms with Crippen molar-refractivity contribution in [1.29, 1.82) is 0 Å². The predicted octanol–water partition coefficient (Wildman–Crippen LogP) is 4.92. The summed E-state index contributed by atoms with van der Waals surface area (Å²) in [5.74, 6) is 0.631. The lowest BCUT2D eigenvalue weighted by atomic mass is 10.0. The molecule has 6 rings (SSSR count). The number of nitrogens with zero attached hydrogens (tertiary/aromatic N) is 4. The molecule has 2 aromatic carbocycles. The van der Waals surface area contributed by atoms with Crippen LogP contribution in [0.3, 0.4) is 0 Å². The number of methoxy groups -OCH3 is 1. The molecule has 0 amide bonds. The summed E-state index contributed by atoms with van der Waals surface area (Å²) >= 11 is 0. The van der Waals surface area contributed by atoms with Crippen molar-refractivity contribution in [3.05, 3.63) is 42.3 Å². The minimum Gasteiger partial charge on any atom is -0.497 e. The van der Waals surface area contributed by atoms with E-state index in [1.165, 1.54) is 12.8 Å². The summed E-state index contributed by atoms with van der Waals surface area (Å²) in [6, 6.07) is 10.2. The minimum absolute atomic E-state index is 0.156. The van der Waals surface area contributed by atoms with Crippen LogP contribution in [0.5, 0.6) is 5.75 Å². The molecule has 2 fully saturated rings. The van der Waals surface area contributed by atoms with Crippen molar-refractivity contribution in [3.63, 3.8) is 0 Å². The van der Waals surface area contributed by atoms with Crippen LogP contribution in [0.2, 0.25) is 0 Å². The maximum absolute atomic E-state index is 15.4. The van der Waals surface area contributed by atoms with E-state index >= 15 is 4.39 Å². The lowest BCUT2D eigenvalue weighted by Gasteiger charge is -2.35. The van der Waals surface area contributed by atoms with Crippen molar-refractivity contribution in [1.82, 2.24) is 14.5 Å². The summed E-state index contributed by atoms with van der Waals surface area (Å²) in [6.07, 6.45) is 4.58. The normalized spacial score (nSPS) is 17.8. The summed E-state index contributed by atoms with van der Waals surface area (Å²) in [7, 11) is 1.66. The van der Waals surface area contributed by atoms with Gasteiger partial charge in [-0.25, -0.2) is 9.37 Å². The molecule has 1 saturated carbocycles. The third kappa shape index (κ3) is 3.04. The fourth-order valence-electron chi connectivity index (χ4n) is 4.97. The fourth-order valence-corrected chi connectivity index (χ4v) is 4.97. The molecule has 160 valence electrons. The molecule has 0 unspecified atom stereocenters. The Labute approximate surface area is 181 Å². The average molecular weight is 419 g/mol. The summed E-state index contributed by atoms with van der Waals surface area (Å²) in [6.45, 7) is 6.91. The molecule has 0 aromatic heterocycles. The average Bonchev–Trinajstić information content (AvgIpc) is 3.58. The second kappa shape index (κ2) is 7.09. The zero-order chi connectivity index (χ0) is 21.1. The highest BCUT2D eigenvalue weighted by molar-refractivity contribution is 6.07. The van der Waals surface area contributed by atoms with Gasteiger partial charge in [-0.2, -0.15) is 0 Å². The molecule has 31 heavy (non-hydrogen) atoms. The van der Waals surface area contributed by atoms with Gasteiger partial charge < -0.3 is 19.1 Å². The zero-order valence-corrected chi connectivity index (χ0v) is 18.1. The molecule has 0 radical (unpaired) electrons. The Bertz CT molecular complexity index is 1250. The Balaban J connectivity index is 1.55. The van der Waals surface area contributed by atoms with Gasteiger partial charge in [-0.3, -0.25) is 0 Å². The first-order valence-corrected chi connectivity index (χ1v) is 11.2. The number of hydrogen-bond acceptors (Lipinski definition) is 4. The zero-order valence-electron chi connectivity index (χ0n) is 18.1. The molecule has 2 aromatic rings. The topological polar surface area (TPSA) is 33.5 Å². The van der Waals surface area contributed by atoms with Gasteiger partial charge in [0.1, 0.15) is 11.6 Å². The number of anilines is 1. The van der Waals surface area contributed by atoms with Crippen molar-refractivity contribution >= 4 is 27.5 Å². The monoisotopic (exact) mass is 418 g/mol. The van der Waals surface area contributed by atoms with E-state index in [-0.39, 0.29) is 5.82 Å². The van der Waals surface area contributed by atoms with E-state index in [9.17, 15) is 0 Å². The molecule has 1 aliphatic carbocycles. The highest BCUT2D eigenvalue weighted by Gasteiger charge is 2.29. The van der Waals surface area contributed by atoms with Crippen LogP contribution in [0.1, 0.15) is 25.8 Å². The first-order valence-electron chi connectivity index (χ1n) is 11.2. The number of rotatable bonds is 4. The summed E-state index contributed by atoms with van der Waals surface area (Å²) in [4.78, 5) is 9.51. The number of pyridine rings is 1. The summed E-state index contributed by atoms with van der Waals surface area (Å²) in [5, 5.41) is 1.99. The van der Waals surface area contributed by atoms with Crippen LogP contribution in [0.15, 0.2) is 36.5 Å². The molecule has 5 nitrogen and oxygen atoms in total. The second-order valence-electron chi connectivity index (χ2n) is 8.77. The standard InChI is InChI=1S/C25H27FN4O/c1-3-28-8-10-29(11-9-28)24-14-23-19(13-21(24)26)25-20(15-30(23)16-4-5-16)18-7-6-17(31-2)12-22(18)27-25/h6-7,12-16H,3-5,8-11H2,1-2H3. The molecule has 0 bridgehead atoms. The van der Waals surface area contributed by atoms with Crippen molar-refractivity contribution in [2.75, 3.05) is 44.7 Å². The van der Waals surface area contributed by atoms with Gasteiger partial charge >= 0.3 is 0 Å². The van der Waals surface area contributed by atoms with E-state index in [1.54, 1.807) is 13.2 Å². The van der Waals surface area contributed by atoms with E-state index in [2.05, 4.69) is 39.6 Å². The van der Waals surface area contributed by atoms with Crippen molar-refractivity contribution in [2.24, 2.45) is 0 Å². The van der Waals surface area contributed by atoms with Gasteiger partial charge in [-0.15, -0.1) is 0 Å². The number of likely N-dealkylation sites (N-methyl/N-ethyl adjacent to an activating group) is 1. The summed E-state index contributed by atoms with van der Waals surface area (Å²) < 4.78 is 23.2. The Morgan fingerprint density at radius 1 is 1.06 bits per heavy atom. The Morgan fingerprint density at radius 3 is 2.58 bits per heavy atom. The highest BCUT2D eigenvalue weighted by Crippen LogP contribution is 2.44. The number of aromatic nitrogens is 2.